The maximum absolute atomic E-state index is 6.37. The molecule has 4 rings (SSSR count). The van der Waals surface area contributed by atoms with Gasteiger partial charge < -0.3 is 10.7 Å². The molecule has 0 spiro atoms. The Morgan fingerprint density at radius 3 is 2.25 bits per heavy atom. The Balaban J connectivity index is 1.78. The number of aromatic nitrogens is 1. The second-order valence-electron chi connectivity index (χ2n) is 7.31. The van der Waals surface area contributed by atoms with E-state index in [-0.39, 0.29) is 0 Å². The minimum Gasteiger partial charge on any atom is -0.354 e. The van der Waals surface area contributed by atoms with E-state index in [1.54, 1.807) is 0 Å². The number of nitrogens with one attached hydrogen (secondary N) is 1. The average molecular weight is 389 g/mol. The van der Waals surface area contributed by atoms with Crippen LogP contribution in [0.1, 0.15) is 24.0 Å². The number of unbranched alkanes of at least 4 members (excludes halogenated alkanes) is 1. The molecule has 3 N–H and O–H groups in total. The van der Waals surface area contributed by atoms with E-state index in [9.17, 15) is 0 Å². The van der Waals surface area contributed by atoms with Crippen LogP contribution in [0.4, 0.5) is 0 Å². The Labute approximate surface area is 171 Å². The van der Waals surface area contributed by atoms with Crippen molar-refractivity contribution in [1.29, 1.82) is 0 Å². The van der Waals surface area contributed by atoms with Gasteiger partial charge in [-0.15, -0.1) is 0 Å². The van der Waals surface area contributed by atoms with Crippen LogP contribution in [0.25, 0.3) is 33.3 Å². The summed E-state index contributed by atoms with van der Waals surface area (Å²) in [5, 5.41) is 2.01. The van der Waals surface area contributed by atoms with Gasteiger partial charge in [-0.05, 0) is 72.7 Å². The van der Waals surface area contributed by atoms with Crippen molar-refractivity contribution in [2.24, 2.45) is 5.73 Å². The molecule has 0 saturated carbocycles. The molecule has 142 valence electrons. The number of aryl methyl sites for hydroxylation is 2. The fraction of sp³-hybridized carbons (Fsp3) is 0.200. The fourth-order valence-corrected chi connectivity index (χ4v) is 4.17. The van der Waals surface area contributed by atoms with Crippen molar-refractivity contribution in [3.8, 4) is 22.4 Å². The third kappa shape index (κ3) is 3.71. The third-order valence-corrected chi connectivity index (χ3v) is 5.56. The van der Waals surface area contributed by atoms with Gasteiger partial charge in [0.25, 0.3) is 0 Å². The Morgan fingerprint density at radius 1 is 0.857 bits per heavy atom. The lowest BCUT2D eigenvalue weighted by atomic mass is 9.98. The molecular formula is C25H25ClN2. The quantitative estimate of drug-likeness (QED) is 0.352. The largest absolute Gasteiger partial charge is 0.354 e. The monoisotopic (exact) mass is 388 g/mol. The third-order valence-electron chi connectivity index (χ3n) is 5.34. The highest BCUT2D eigenvalue weighted by Gasteiger charge is 2.15. The number of halogens is 1. The lowest BCUT2D eigenvalue weighted by Crippen LogP contribution is -1.99. The van der Waals surface area contributed by atoms with Crippen LogP contribution < -0.4 is 5.73 Å². The van der Waals surface area contributed by atoms with Crippen LogP contribution in [-0.2, 0) is 6.42 Å². The van der Waals surface area contributed by atoms with E-state index in [1.165, 1.54) is 44.4 Å². The van der Waals surface area contributed by atoms with E-state index >= 15 is 0 Å². The number of H-pyrrole nitrogens is 1. The first kappa shape index (κ1) is 18.8. The van der Waals surface area contributed by atoms with Gasteiger partial charge in [0.15, 0.2) is 0 Å². The second kappa shape index (κ2) is 8.22. The Bertz CT molecular complexity index is 1080. The highest BCUT2D eigenvalue weighted by atomic mass is 35.5. The van der Waals surface area contributed by atoms with Crippen LogP contribution in [0.5, 0.6) is 0 Å². The lowest BCUT2D eigenvalue weighted by molar-refractivity contribution is 0.748. The summed E-state index contributed by atoms with van der Waals surface area (Å²) in [7, 11) is 0. The Hall–Kier alpha value is -2.55. The van der Waals surface area contributed by atoms with Crippen LogP contribution >= 0.6 is 11.6 Å². The Morgan fingerprint density at radius 2 is 1.54 bits per heavy atom. The van der Waals surface area contributed by atoms with E-state index in [4.69, 9.17) is 17.3 Å². The van der Waals surface area contributed by atoms with Gasteiger partial charge in [-0.3, -0.25) is 0 Å². The van der Waals surface area contributed by atoms with Gasteiger partial charge in [-0.1, -0.05) is 66.2 Å². The number of hydrogen-bond donors (Lipinski definition) is 2. The molecule has 2 nitrogen and oxygen atoms in total. The first-order chi connectivity index (χ1) is 13.7. The molecule has 0 aliphatic rings. The molecule has 28 heavy (non-hydrogen) atoms. The summed E-state index contributed by atoms with van der Waals surface area (Å²) in [6, 6.07) is 23.4. The minimum absolute atomic E-state index is 0.725. The molecule has 4 aromatic rings. The van der Waals surface area contributed by atoms with E-state index in [0.717, 1.165) is 30.8 Å². The molecule has 0 aliphatic carbocycles. The molecule has 0 fully saturated rings. The zero-order valence-corrected chi connectivity index (χ0v) is 16.9. The zero-order valence-electron chi connectivity index (χ0n) is 16.1. The number of benzene rings is 3. The molecule has 1 aromatic heterocycles. The molecule has 3 heteroatoms. The van der Waals surface area contributed by atoms with Crippen molar-refractivity contribution < 1.29 is 0 Å². The predicted molar refractivity (Wildman–Crippen MR) is 121 cm³/mol. The highest BCUT2D eigenvalue weighted by Crippen LogP contribution is 2.35. The first-order valence-electron chi connectivity index (χ1n) is 9.84. The summed E-state index contributed by atoms with van der Waals surface area (Å²) in [6.45, 7) is 2.83. The number of rotatable bonds is 6. The molecule has 0 aliphatic heterocycles. The van der Waals surface area contributed by atoms with Gasteiger partial charge in [0.05, 0.1) is 0 Å². The SMILES string of the molecule is Cc1cc(Cl)cc2c(CCCCN)c(-c3ccc(-c4ccccc4)cc3)[nH]c12. The molecule has 0 atom stereocenters. The standard InChI is InChI=1S/C25H25ClN2/c1-17-15-21(26)16-23-22(9-5-6-14-27)25(28-24(17)23)20-12-10-19(11-13-20)18-7-3-2-4-8-18/h2-4,7-8,10-13,15-16,28H,5-6,9,14,27H2,1H3. The van der Waals surface area contributed by atoms with E-state index in [0.29, 0.717) is 0 Å². The zero-order chi connectivity index (χ0) is 19.5. The van der Waals surface area contributed by atoms with Crippen molar-refractivity contribution >= 4 is 22.5 Å². The van der Waals surface area contributed by atoms with Crippen LogP contribution in [0.2, 0.25) is 5.02 Å². The summed E-state index contributed by atoms with van der Waals surface area (Å²) in [6.07, 6.45) is 3.09. The summed E-state index contributed by atoms with van der Waals surface area (Å²) >= 11 is 6.37. The number of aromatic amines is 1. The molecule has 0 unspecified atom stereocenters. The van der Waals surface area contributed by atoms with Crippen molar-refractivity contribution in [2.75, 3.05) is 6.54 Å². The summed E-state index contributed by atoms with van der Waals surface area (Å²) < 4.78 is 0. The highest BCUT2D eigenvalue weighted by molar-refractivity contribution is 6.31. The van der Waals surface area contributed by atoms with Crippen molar-refractivity contribution in [1.82, 2.24) is 4.98 Å². The van der Waals surface area contributed by atoms with Crippen LogP contribution in [0.15, 0.2) is 66.7 Å². The predicted octanol–water partition coefficient (Wildman–Crippen LogP) is 6.75. The fourth-order valence-electron chi connectivity index (χ4n) is 3.89. The topological polar surface area (TPSA) is 41.8 Å². The Kier molecular flexibility index (Phi) is 5.52. The van der Waals surface area contributed by atoms with Gasteiger partial charge in [0.1, 0.15) is 0 Å². The van der Waals surface area contributed by atoms with Gasteiger partial charge in [-0.25, -0.2) is 0 Å². The van der Waals surface area contributed by atoms with Crippen LogP contribution in [-0.4, -0.2) is 11.5 Å². The van der Waals surface area contributed by atoms with E-state index in [1.807, 2.05) is 12.1 Å². The molecule has 0 amide bonds. The summed E-state index contributed by atoms with van der Waals surface area (Å²) in [4.78, 5) is 3.67. The molecule has 0 bridgehead atoms. The smallest absolute Gasteiger partial charge is 0.0497 e. The molecule has 0 radical (unpaired) electrons. The molecule has 0 saturated heterocycles. The van der Waals surface area contributed by atoms with Gasteiger partial charge >= 0.3 is 0 Å². The number of fused-ring (bicyclic) bond motifs is 1. The maximum atomic E-state index is 6.37. The lowest BCUT2D eigenvalue weighted by Gasteiger charge is -2.07. The van der Waals surface area contributed by atoms with Crippen LogP contribution in [0, 0.1) is 6.92 Å². The number of nitrogens with two attached hydrogens (primary N) is 1. The second-order valence-corrected chi connectivity index (χ2v) is 7.75. The van der Waals surface area contributed by atoms with Gasteiger partial charge in [0, 0.05) is 21.6 Å². The normalized spacial score (nSPS) is 11.2. The van der Waals surface area contributed by atoms with Gasteiger partial charge in [-0.2, -0.15) is 0 Å². The van der Waals surface area contributed by atoms with Crippen molar-refractivity contribution in [2.45, 2.75) is 26.2 Å². The summed E-state index contributed by atoms with van der Waals surface area (Å²) in [5.74, 6) is 0. The van der Waals surface area contributed by atoms with E-state index in [2.05, 4.69) is 66.5 Å². The molecular weight excluding hydrogens is 364 g/mol. The van der Waals surface area contributed by atoms with Crippen molar-refractivity contribution in [3.05, 3.63) is 82.9 Å². The average Bonchev–Trinajstić information content (AvgIpc) is 3.08. The van der Waals surface area contributed by atoms with Gasteiger partial charge in [0.2, 0.25) is 0 Å². The summed E-state index contributed by atoms with van der Waals surface area (Å²) in [5.41, 5.74) is 14.3. The van der Waals surface area contributed by atoms with Crippen molar-refractivity contribution in [3.63, 3.8) is 0 Å². The minimum atomic E-state index is 0.725. The first-order valence-corrected chi connectivity index (χ1v) is 10.2. The number of hydrogen-bond acceptors (Lipinski definition) is 1. The molecule has 1 heterocycles. The maximum Gasteiger partial charge on any atom is 0.0497 e. The van der Waals surface area contributed by atoms with E-state index < -0.39 is 0 Å². The van der Waals surface area contributed by atoms with Crippen LogP contribution in [0.3, 0.4) is 0 Å². The molecule has 3 aromatic carbocycles.